The molecule has 0 aliphatic heterocycles. The minimum atomic E-state index is 0.497. The van der Waals surface area contributed by atoms with Crippen molar-refractivity contribution in [2.45, 2.75) is 0 Å². The normalized spacial score (nSPS) is 10.6. The van der Waals surface area contributed by atoms with Gasteiger partial charge in [0.2, 0.25) is 0 Å². The van der Waals surface area contributed by atoms with Gasteiger partial charge in [0, 0.05) is 7.05 Å². The standard InChI is InChI=1S/C17H16N2O2S/c1-19(17-18-14-7-3-5-9-16(14)22-17)10-11-21-15-8-4-2-6-13(15)12-20/h2-9,12H,10-11H2,1H3. The van der Waals surface area contributed by atoms with E-state index in [9.17, 15) is 4.79 Å². The lowest BCUT2D eigenvalue weighted by atomic mass is 10.2. The number of rotatable bonds is 6. The van der Waals surface area contributed by atoms with Crippen molar-refractivity contribution in [2.24, 2.45) is 0 Å². The Morgan fingerprint density at radius 3 is 2.77 bits per heavy atom. The number of carbonyl (C=O) groups excluding carboxylic acids is 1. The fraction of sp³-hybridized carbons (Fsp3) is 0.176. The number of carbonyl (C=O) groups is 1. The van der Waals surface area contributed by atoms with Gasteiger partial charge in [0.05, 0.1) is 22.3 Å². The first-order chi connectivity index (χ1) is 10.8. The highest BCUT2D eigenvalue weighted by atomic mass is 32.1. The zero-order valence-electron chi connectivity index (χ0n) is 12.2. The minimum absolute atomic E-state index is 0.497. The van der Waals surface area contributed by atoms with Gasteiger partial charge in [-0.25, -0.2) is 4.98 Å². The molecule has 1 aromatic heterocycles. The third-order valence-corrected chi connectivity index (χ3v) is 4.49. The van der Waals surface area contributed by atoms with Crippen LogP contribution in [0.2, 0.25) is 0 Å². The van der Waals surface area contributed by atoms with Crippen molar-refractivity contribution in [3.63, 3.8) is 0 Å². The van der Waals surface area contributed by atoms with Crippen LogP contribution in [-0.2, 0) is 0 Å². The maximum absolute atomic E-state index is 10.9. The highest BCUT2D eigenvalue weighted by Gasteiger charge is 2.08. The summed E-state index contributed by atoms with van der Waals surface area (Å²) in [6.45, 7) is 1.20. The van der Waals surface area contributed by atoms with E-state index >= 15 is 0 Å². The minimum Gasteiger partial charge on any atom is -0.491 e. The van der Waals surface area contributed by atoms with Crippen molar-refractivity contribution in [2.75, 3.05) is 25.1 Å². The lowest BCUT2D eigenvalue weighted by molar-refractivity contribution is 0.111. The lowest BCUT2D eigenvalue weighted by Crippen LogP contribution is -2.23. The molecule has 0 fully saturated rings. The Balaban J connectivity index is 1.62. The first-order valence-electron chi connectivity index (χ1n) is 7.01. The second-order valence-corrected chi connectivity index (χ2v) is 5.90. The van der Waals surface area contributed by atoms with Crippen LogP contribution in [0.4, 0.5) is 5.13 Å². The van der Waals surface area contributed by atoms with Crippen molar-refractivity contribution in [3.8, 4) is 5.75 Å². The molecule has 0 bridgehead atoms. The number of nitrogens with zero attached hydrogens (tertiary/aromatic N) is 2. The quantitative estimate of drug-likeness (QED) is 0.652. The van der Waals surface area contributed by atoms with Gasteiger partial charge in [0.1, 0.15) is 12.4 Å². The van der Waals surface area contributed by atoms with E-state index in [-0.39, 0.29) is 0 Å². The van der Waals surface area contributed by atoms with Crippen molar-refractivity contribution < 1.29 is 9.53 Å². The second-order valence-electron chi connectivity index (χ2n) is 4.89. The molecule has 0 aliphatic rings. The first kappa shape index (κ1) is 14.5. The van der Waals surface area contributed by atoms with Gasteiger partial charge >= 0.3 is 0 Å². The van der Waals surface area contributed by atoms with Crippen LogP contribution in [0.5, 0.6) is 5.75 Å². The molecule has 4 nitrogen and oxygen atoms in total. The van der Waals surface area contributed by atoms with E-state index in [2.05, 4.69) is 16.0 Å². The fourth-order valence-electron chi connectivity index (χ4n) is 2.12. The smallest absolute Gasteiger partial charge is 0.186 e. The zero-order valence-corrected chi connectivity index (χ0v) is 13.0. The number of thiazole rings is 1. The van der Waals surface area contributed by atoms with Crippen LogP contribution in [0, 0.1) is 0 Å². The molecule has 2 aromatic carbocycles. The van der Waals surface area contributed by atoms with Crippen LogP contribution in [0.15, 0.2) is 48.5 Å². The molecule has 0 aliphatic carbocycles. The Bertz CT molecular complexity index is 752. The summed E-state index contributed by atoms with van der Waals surface area (Å²) in [6, 6.07) is 15.3. The number of ether oxygens (including phenoxy) is 1. The van der Waals surface area contributed by atoms with Gasteiger partial charge in [0.15, 0.2) is 11.4 Å². The number of anilines is 1. The summed E-state index contributed by atoms with van der Waals surface area (Å²) >= 11 is 1.66. The first-order valence-corrected chi connectivity index (χ1v) is 7.83. The van der Waals surface area contributed by atoms with Crippen molar-refractivity contribution in [1.82, 2.24) is 4.98 Å². The van der Waals surface area contributed by atoms with E-state index < -0.39 is 0 Å². The SMILES string of the molecule is CN(CCOc1ccccc1C=O)c1nc2ccccc2s1. The van der Waals surface area contributed by atoms with Crippen LogP contribution in [0.25, 0.3) is 10.2 Å². The molecule has 3 aromatic rings. The molecule has 0 saturated heterocycles. The Kier molecular flexibility index (Phi) is 4.34. The molecule has 112 valence electrons. The summed E-state index contributed by atoms with van der Waals surface area (Å²) in [5, 5.41) is 0.966. The molecule has 22 heavy (non-hydrogen) atoms. The zero-order chi connectivity index (χ0) is 15.4. The molecule has 0 saturated carbocycles. The summed E-state index contributed by atoms with van der Waals surface area (Å²) in [6.07, 6.45) is 0.812. The van der Waals surface area contributed by atoms with Gasteiger partial charge in [0.25, 0.3) is 0 Å². The molecular weight excluding hydrogens is 296 g/mol. The maximum Gasteiger partial charge on any atom is 0.186 e. The van der Waals surface area contributed by atoms with Crippen molar-refractivity contribution >= 4 is 33.0 Å². The Labute approximate surface area is 133 Å². The van der Waals surface area contributed by atoms with Gasteiger partial charge in [-0.1, -0.05) is 35.6 Å². The number of aromatic nitrogens is 1. The number of fused-ring (bicyclic) bond motifs is 1. The summed E-state index contributed by atoms with van der Waals surface area (Å²) in [5.74, 6) is 0.621. The number of aldehydes is 1. The van der Waals surface area contributed by atoms with Gasteiger partial charge in [-0.3, -0.25) is 4.79 Å². The molecule has 0 amide bonds. The number of benzene rings is 2. The number of hydrogen-bond donors (Lipinski definition) is 0. The van der Waals surface area contributed by atoms with Crippen LogP contribution < -0.4 is 9.64 Å². The number of likely N-dealkylation sites (N-methyl/N-ethyl adjacent to an activating group) is 1. The second kappa shape index (κ2) is 6.58. The average Bonchev–Trinajstić information content (AvgIpc) is 2.99. The number of para-hydroxylation sites is 2. The van der Waals surface area contributed by atoms with Crippen LogP contribution >= 0.6 is 11.3 Å². The predicted octanol–water partition coefficient (Wildman–Crippen LogP) is 3.62. The van der Waals surface area contributed by atoms with Gasteiger partial charge in [-0.15, -0.1) is 0 Å². The summed E-state index contributed by atoms with van der Waals surface area (Å²) in [5.41, 5.74) is 1.59. The molecule has 0 spiro atoms. The Morgan fingerprint density at radius 2 is 1.95 bits per heavy atom. The highest BCUT2D eigenvalue weighted by Crippen LogP contribution is 2.27. The molecule has 3 rings (SSSR count). The van der Waals surface area contributed by atoms with Crippen molar-refractivity contribution in [3.05, 3.63) is 54.1 Å². The van der Waals surface area contributed by atoms with E-state index in [0.717, 1.165) is 16.9 Å². The number of hydrogen-bond acceptors (Lipinski definition) is 5. The molecule has 5 heteroatoms. The largest absolute Gasteiger partial charge is 0.491 e. The third kappa shape index (κ3) is 3.09. The molecule has 1 heterocycles. The predicted molar refractivity (Wildman–Crippen MR) is 90.2 cm³/mol. The van der Waals surface area contributed by atoms with Crippen LogP contribution in [-0.4, -0.2) is 31.5 Å². The molecular formula is C17H16N2O2S. The van der Waals surface area contributed by atoms with Crippen molar-refractivity contribution in [1.29, 1.82) is 0 Å². The highest BCUT2D eigenvalue weighted by molar-refractivity contribution is 7.22. The van der Waals surface area contributed by atoms with Gasteiger partial charge in [-0.05, 0) is 24.3 Å². The van der Waals surface area contributed by atoms with E-state index in [1.165, 1.54) is 4.70 Å². The summed E-state index contributed by atoms with van der Waals surface area (Å²) in [4.78, 5) is 17.6. The van der Waals surface area contributed by atoms with E-state index in [0.29, 0.717) is 24.5 Å². The summed E-state index contributed by atoms with van der Waals surface area (Å²) in [7, 11) is 1.99. The average molecular weight is 312 g/mol. The van der Waals surface area contributed by atoms with Crippen LogP contribution in [0.1, 0.15) is 10.4 Å². The Hall–Kier alpha value is -2.40. The third-order valence-electron chi connectivity index (χ3n) is 3.34. The topological polar surface area (TPSA) is 42.4 Å². The van der Waals surface area contributed by atoms with Gasteiger partial charge < -0.3 is 9.64 Å². The molecule has 0 N–H and O–H groups in total. The van der Waals surface area contributed by atoms with Crippen LogP contribution in [0.3, 0.4) is 0 Å². The van der Waals surface area contributed by atoms with Gasteiger partial charge in [-0.2, -0.15) is 0 Å². The molecule has 0 atom stereocenters. The maximum atomic E-state index is 10.9. The monoisotopic (exact) mass is 312 g/mol. The Morgan fingerprint density at radius 1 is 1.18 bits per heavy atom. The fourth-order valence-corrected chi connectivity index (χ4v) is 3.07. The van der Waals surface area contributed by atoms with E-state index in [1.807, 2.05) is 37.4 Å². The lowest BCUT2D eigenvalue weighted by Gasteiger charge is -2.16. The molecule has 0 unspecified atom stereocenters. The van der Waals surface area contributed by atoms with E-state index in [1.54, 1.807) is 23.5 Å². The molecule has 0 radical (unpaired) electrons. The van der Waals surface area contributed by atoms with E-state index in [4.69, 9.17) is 4.74 Å². The summed E-state index contributed by atoms with van der Waals surface area (Å²) < 4.78 is 6.88.